The van der Waals surface area contributed by atoms with E-state index in [2.05, 4.69) is 20.3 Å². The standard InChI is InChI=1S/C11H13N5O/c1-8-6-9(12-2)15-10(14-8)7-16-5-3-4-13-11(16)17/h3-6H,7H2,1-2H3,(H,12,14,15). The van der Waals surface area contributed by atoms with Gasteiger partial charge in [-0.1, -0.05) is 0 Å². The van der Waals surface area contributed by atoms with Gasteiger partial charge in [0, 0.05) is 31.2 Å². The van der Waals surface area contributed by atoms with E-state index in [1.807, 2.05) is 13.0 Å². The van der Waals surface area contributed by atoms with E-state index in [1.165, 1.54) is 10.8 Å². The van der Waals surface area contributed by atoms with Gasteiger partial charge in [-0.2, -0.15) is 0 Å². The Morgan fingerprint density at radius 2 is 2.24 bits per heavy atom. The van der Waals surface area contributed by atoms with Crippen molar-refractivity contribution in [1.82, 2.24) is 19.5 Å². The lowest BCUT2D eigenvalue weighted by atomic mass is 10.4. The molecule has 2 aromatic heterocycles. The van der Waals surface area contributed by atoms with Crippen LogP contribution in [0.1, 0.15) is 11.5 Å². The average molecular weight is 231 g/mol. The van der Waals surface area contributed by atoms with Crippen LogP contribution in [0.25, 0.3) is 0 Å². The molecule has 0 aliphatic carbocycles. The largest absolute Gasteiger partial charge is 0.373 e. The maximum absolute atomic E-state index is 11.4. The molecule has 0 amide bonds. The van der Waals surface area contributed by atoms with Crippen molar-refractivity contribution in [2.45, 2.75) is 13.5 Å². The summed E-state index contributed by atoms with van der Waals surface area (Å²) in [5.41, 5.74) is 0.555. The van der Waals surface area contributed by atoms with E-state index in [-0.39, 0.29) is 5.69 Å². The van der Waals surface area contributed by atoms with Gasteiger partial charge in [-0.3, -0.25) is 4.57 Å². The van der Waals surface area contributed by atoms with Crippen LogP contribution < -0.4 is 11.0 Å². The second-order valence-electron chi connectivity index (χ2n) is 3.59. The molecule has 0 aliphatic rings. The molecule has 0 fully saturated rings. The van der Waals surface area contributed by atoms with E-state index in [0.717, 1.165) is 11.5 Å². The van der Waals surface area contributed by atoms with Gasteiger partial charge < -0.3 is 5.32 Å². The van der Waals surface area contributed by atoms with Crippen molar-refractivity contribution < 1.29 is 0 Å². The van der Waals surface area contributed by atoms with Crippen molar-refractivity contribution in [1.29, 1.82) is 0 Å². The van der Waals surface area contributed by atoms with Crippen LogP contribution in [0.2, 0.25) is 0 Å². The van der Waals surface area contributed by atoms with Crippen LogP contribution >= 0.6 is 0 Å². The Balaban J connectivity index is 2.33. The molecule has 0 atom stereocenters. The Kier molecular flexibility index (Phi) is 3.13. The normalized spacial score (nSPS) is 10.2. The van der Waals surface area contributed by atoms with Gasteiger partial charge >= 0.3 is 5.69 Å². The van der Waals surface area contributed by atoms with Crippen molar-refractivity contribution in [2.24, 2.45) is 0 Å². The molecule has 6 heteroatoms. The van der Waals surface area contributed by atoms with E-state index in [9.17, 15) is 4.79 Å². The monoisotopic (exact) mass is 231 g/mol. The van der Waals surface area contributed by atoms with Crippen LogP contribution in [0.3, 0.4) is 0 Å². The Morgan fingerprint density at radius 3 is 2.94 bits per heavy atom. The molecule has 2 heterocycles. The van der Waals surface area contributed by atoms with E-state index in [0.29, 0.717) is 12.4 Å². The fraction of sp³-hybridized carbons (Fsp3) is 0.273. The fourth-order valence-electron chi connectivity index (χ4n) is 1.49. The first kappa shape index (κ1) is 11.3. The van der Waals surface area contributed by atoms with Crippen molar-refractivity contribution in [3.63, 3.8) is 0 Å². The van der Waals surface area contributed by atoms with Gasteiger partial charge in [-0.15, -0.1) is 0 Å². The molecule has 0 spiro atoms. The molecule has 0 unspecified atom stereocenters. The summed E-state index contributed by atoms with van der Waals surface area (Å²) < 4.78 is 1.47. The fourth-order valence-corrected chi connectivity index (χ4v) is 1.49. The topological polar surface area (TPSA) is 72.7 Å². The highest BCUT2D eigenvalue weighted by Gasteiger charge is 2.03. The van der Waals surface area contributed by atoms with Gasteiger partial charge in [0.1, 0.15) is 5.82 Å². The molecule has 0 saturated heterocycles. The number of anilines is 1. The second-order valence-corrected chi connectivity index (χ2v) is 3.59. The number of rotatable bonds is 3. The zero-order chi connectivity index (χ0) is 12.3. The number of aromatic nitrogens is 4. The van der Waals surface area contributed by atoms with E-state index >= 15 is 0 Å². The minimum atomic E-state index is -0.302. The van der Waals surface area contributed by atoms with Gasteiger partial charge in [-0.05, 0) is 13.0 Å². The smallest absolute Gasteiger partial charge is 0.347 e. The van der Waals surface area contributed by atoms with Crippen LogP contribution in [0.15, 0.2) is 29.3 Å². The zero-order valence-corrected chi connectivity index (χ0v) is 9.71. The van der Waals surface area contributed by atoms with Crippen molar-refractivity contribution >= 4 is 5.82 Å². The maximum atomic E-state index is 11.4. The zero-order valence-electron chi connectivity index (χ0n) is 9.71. The van der Waals surface area contributed by atoms with Crippen molar-refractivity contribution in [2.75, 3.05) is 12.4 Å². The average Bonchev–Trinajstić information content (AvgIpc) is 2.31. The number of aryl methyl sites for hydroxylation is 1. The van der Waals surface area contributed by atoms with Crippen LogP contribution in [-0.2, 0) is 6.54 Å². The Labute approximate surface area is 98.4 Å². The summed E-state index contributed by atoms with van der Waals surface area (Å²) in [5.74, 6) is 1.33. The van der Waals surface area contributed by atoms with Crippen LogP contribution in [-0.4, -0.2) is 26.6 Å². The van der Waals surface area contributed by atoms with E-state index in [1.54, 1.807) is 19.3 Å². The summed E-state index contributed by atoms with van der Waals surface area (Å²) in [6.07, 6.45) is 3.13. The minimum Gasteiger partial charge on any atom is -0.373 e. The van der Waals surface area contributed by atoms with E-state index in [4.69, 9.17) is 0 Å². The number of hydrogen-bond acceptors (Lipinski definition) is 5. The van der Waals surface area contributed by atoms with Gasteiger partial charge in [0.25, 0.3) is 0 Å². The SMILES string of the molecule is CNc1cc(C)nc(Cn2cccnc2=O)n1. The van der Waals surface area contributed by atoms with E-state index < -0.39 is 0 Å². The molecular weight excluding hydrogens is 218 g/mol. The molecule has 0 aliphatic heterocycles. The predicted octanol–water partition coefficient (Wildman–Crippen LogP) is 0.432. The third kappa shape index (κ3) is 2.66. The molecular formula is C11H13N5O. The van der Waals surface area contributed by atoms with Gasteiger partial charge in [-0.25, -0.2) is 19.7 Å². The number of nitrogens with one attached hydrogen (secondary N) is 1. The second kappa shape index (κ2) is 4.73. The highest BCUT2D eigenvalue weighted by atomic mass is 16.1. The van der Waals surface area contributed by atoms with Crippen molar-refractivity contribution in [3.8, 4) is 0 Å². The predicted molar refractivity (Wildman–Crippen MR) is 63.9 cm³/mol. The third-order valence-electron chi connectivity index (χ3n) is 2.25. The summed E-state index contributed by atoms with van der Waals surface area (Å²) in [7, 11) is 1.79. The molecule has 0 aromatic carbocycles. The van der Waals surface area contributed by atoms with Gasteiger partial charge in [0.15, 0.2) is 5.82 Å². The first-order valence-corrected chi connectivity index (χ1v) is 5.23. The molecule has 2 rings (SSSR count). The highest BCUT2D eigenvalue weighted by Crippen LogP contribution is 2.05. The summed E-state index contributed by atoms with van der Waals surface area (Å²) >= 11 is 0. The molecule has 88 valence electrons. The molecule has 1 N–H and O–H groups in total. The minimum absolute atomic E-state index is 0.302. The van der Waals surface area contributed by atoms with Crippen molar-refractivity contribution in [3.05, 3.63) is 46.5 Å². The highest BCUT2D eigenvalue weighted by molar-refractivity contribution is 5.34. The number of hydrogen-bond donors (Lipinski definition) is 1. The van der Waals surface area contributed by atoms with Gasteiger partial charge in [0.05, 0.1) is 6.54 Å². The molecule has 0 radical (unpaired) electrons. The Hall–Kier alpha value is -2.24. The summed E-state index contributed by atoms with van der Waals surface area (Å²) in [6, 6.07) is 3.55. The molecule has 17 heavy (non-hydrogen) atoms. The first-order chi connectivity index (χ1) is 8.19. The van der Waals surface area contributed by atoms with Crippen LogP contribution in [0.4, 0.5) is 5.82 Å². The summed E-state index contributed by atoms with van der Waals surface area (Å²) in [5, 5.41) is 2.95. The van der Waals surface area contributed by atoms with Gasteiger partial charge in [0.2, 0.25) is 0 Å². The lowest BCUT2D eigenvalue weighted by molar-refractivity contribution is 0.688. The summed E-state index contributed by atoms with van der Waals surface area (Å²) in [6.45, 7) is 2.21. The Morgan fingerprint density at radius 1 is 1.41 bits per heavy atom. The summed E-state index contributed by atoms with van der Waals surface area (Å²) in [4.78, 5) is 23.7. The molecule has 0 bridgehead atoms. The maximum Gasteiger partial charge on any atom is 0.347 e. The molecule has 6 nitrogen and oxygen atoms in total. The Bertz CT molecular complexity index is 578. The quantitative estimate of drug-likeness (QED) is 0.829. The lowest BCUT2D eigenvalue weighted by Crippen LogP contribution is -2.23. The molecule has 2 aromatic rings. The lowest BCUT2D eigenvalue weighted by Gasteiger charge is -2.06. The molecule has 0 saturated carbocycles. The number of nitrogens with zero attached hydrogens (tertiary/aromatic N) is 4. The first-order valence-electron chi connectivity index (χ1n) is 5.23. The third-order valence-corrected chi connectivity index (χ3v) is 2.25. The van der Waals surface area contributed by atoms with Crippen LogP contribution in [0, 0.1) is 6.92 Å². The van der Waals surface area contributed by atoms with Crippen LogP contribution in [0.5, 0.6) is 0 Å².